The van der Waals surface area contributed by atoms with Crippen molar-refractivity contribution in [1.82, 2.24) is 0 Å². The van der Waals surface area contributed by atoms with Crippen LogP contribution in [0.2, 0.25) is 0 Å². The van der Waals surface area contributed by atoms with Crippen LogP contribution in [0, 0.1) is 0 Å². The number of aliphatic hydroxyl groups is 2. The summed E-state index contributed by atoms with van der Waals surface area (Å²) in [6.07, 6.45) is -0.901. The van der Waals surface area contributed by atoms with E-state index >= 15 is 0 Å². The highest BCUT2D eigenvalue weighted by molar-refractivity contribution is 5.88. The molecule has 0 amide bonds. The second kappa shape index (κ2) is 10.9. The van der Waals surface area contributed by atoms with Crippen molar-refractivity contribution in [3.8, 4) is 11.5 Å². The van der Waals surface area contributed by atoms with E-state index in [1.54, 1.807) is 12.1 Å². The fourth-order valence-corrected chi connectivity index (χ4v) is 3.54. The summed E-state index contributed by atoms with van der Waals surface area (Å²) in [5.41, 5.74) is -1.25. The molecule has 2 aromatic carbocycles. The van der Waals surface area contributed by atoms with E-state index in [4.69, 9.17) is 9.47 Å². The fourth-order valence-electron chi connectivity index (χ4n) is 3.54. The fraction of sp³-hybridized carbons (Fsp3) is 0.240. The van der Waals surface area contributed by atoms with Crippen LogP contribution in [0.15, 0.2) is 60.7 Å². The number of carbonyl (C=O) groups excluding carboxylic acids is 2. The molecule has 0 bridgehead atoms. The summed E-state index contributed by atoms with van der Waals surface area (Å²) in [5.74, 6) is -3.36. The van der Waals surface area contributed by atoms with Gasteiger partial charge in [-0.2, -0.15) is 0 Å². The lowest BCUT2D eigenvalue weighted by Crippen LogP contribution is -2.58. The number of esters is 2. The van der Waals surface area contributed by atoms with Crippen molar-refractivity contribution in [3.05, 3.63) is 71.8 Å². The number of aliphatic carboxylic acids is 1. The molecule has 0 unspecified atom stereocenters. The first kappa shape index (κ1) is 25.5. The van der Waals surface area contributed by atoms with E-state index in [1.807, 2.05) is 0 Å². The Bertz CT molecular complexity index is 1120. The topological polar surface area (TPSA) is 171 Å². The lowest BCUT2D eigenvalue weighted by atomic mass is 9.79. The van der Waals surface area contributed by atoms with Crippen LogP contribution in [0.5, 0.6) is 11.5 Å². The van der Waals surface area contributed by atoms with Crippen LogP contribution in [0.3, 0.4) is 0 Å². The molecule has 0 saturated heterocycles. The maximum absolute atomic E-state index is 12.4. The van der Waals surface area contributed by atoms with Gasteiger partial charge >= 0.3 is 17.9 Å². The first-order valence-corrected chi connectivity index (χ1v) is 10.5. The molecule has 35 heavy (non-hydrogen) atoms. The van der Waals surface area contributed by atoms with Crippen LogP contribution < -0.4 is 0 Å². The highest BCUT2D eigenvalue weighted by Gasteiger charge is 2.52. The molecule has 10 nitrogen and oxygen atoms in total. The number of hydrogen-bond acceptors (Lipinski definition) is 9. The number of aromatic hydroxyl groups is 2. The summed E-state index contributed by atoms with van der Waals surface area (Å²) in [6, 6.07) is 11.8. The van der Waals surface area contributed by atoms with Crippen LogP contribution >= 0.6 is 0 Å². The summed E-state index contributed by atoms with van der Waals surface area (Å²) in [6.45, 7) is 0. The van der Waals surface area contributed by atoms with Crippen molar-refractivity contribution in [2.45, 2.75) is 36.8 Å². The Hall–Kier alpha value is -4.15. The maximum Gasteiger partial charge on any atom is 0.335 e. The second-order valence-electron chi connectivity index (χ2n) is 8.04. The quantitative estimate of drug-likeness (QED) is 0.287. The minimum absolute atomic E-state index is 0.0398. The molecule has 10 heteroatoms. The number of aliphatic hydroxyl groups excluding tert-OH is 1. The number of carboxylic acids is 1. The van der Waals surface area contributed by atoms with E-state index in [2.05, 4.69) is 0 Å². The third-order valence-corrected chi connectivity index (χ3v) is 5.36. The molecule has 5 N–H and O–H groups in total. The van der Waals surface area contributed by atoms with Gasteiger partial charge in [-0.1, -0.05) is 24.3 Å². The first-order valence-electron chi connectivity index (χ1n) is 10.5. The third kappa shape index (κ3) is 6.92. The largest absolute Gasteiger partial charge is 0.508 e. The molecule has 1 saturated carbocycles. The van der Waals surface area contributed by atoms with E-state index in [9.17, 15) is 39.9 Å². The maximum atomic E-state index is 12.4. The summed E-state index contributed by atoms with van der Waals surface area (Å²) >= 11 is 0. The standard InChI is InChI=1S/C25H24O10/c26-17-7-1-15(2-8-17)5-11-21(29)34-20-14-25(33,24(31)32)13-19(28)23(20)35-22(30)12-6-16-3-9-18(27)10-4-16/h1-12,19-20,23,26-28,33H,13-14H2,(H,31,32)/b11-5+,12-6+/t19-,20-,23-,25+/m1/s1. The van der Waals surface area contributed by atoms with Gasteiger partial charge in [0.2, 0.25) is 0 Å². The Morgan fingerprint density at radius 2 is 1.26 bits per heavy atom. The Labute approximate surface area is 200 Å². The van der Waals surface area contributed by atoms with Crippen LogP contribution in [-0.4, -0.2) is 67.4 Å². The van der Waals surface area contributed by atoms with Gasteiger partial charge < -0.3 is 35.0 Å². The van der Waals surface area contributed by atoms with Gasteiger partial charge in [0.15, 0.2) is 11.7 Å². The van der Waals surface area contributed by atoms with Crippen LogP contribution in [0.1, 0.15) is 24.0 Å². The third-order valence-electron chi connectivity index (χ3n) is 5.36. The molecule has 1 fully saturated rings. The van der Waals surface area contributed by atoms with Gasteiger partial charge in [-0.15, -0.1) is 0 Å². The summed E-state index contributed by atoms with van der Waals surface area (Å²) < 4.78 is 10.5. The van der Waals surface area contributed by atoms with Crippen molar-refractivity contribution < 1.29 is 49.4 Å². The molecule has 0 aromatic heterocycles. The van der Waals surface area contributed by atoms with E-state index in [0.29, 0.717) is 11.1 Å². The highest BCUT2D eigenvalue weighted by Crippen LogP contribution is 2.33. The summed E-state index contributed by atoms with van der Waals surface area (Å²) in [5, 5.41) is 48.8. The normalized spacial score (nSPS) is 24.3. The van der Waals surface area contributed by atoms with E-state index in [-0.39, 0.29) is 11.5 Å². The van der Waals surface area contributed by atoms with Crippen molar-refractivity contribution in [2.75, 3.05) is 0 Å². The van der Waals surface area contributed by atoms with E-state index in [0.717, 1.165) is 12.2 Å². The molecule has 1 aliphatic rings. The van der Waals surface area contributed by atoms with Crippen molar-refractivity contribution in [2.24, 2.45) is 0 Å². The number of ether oxygens (including phenoxy) is 2. The van der Waals surface area contributed by atoms with Crippen LogP contribution in [-0.2, 0) is 23.9 Å². The number of hydrogen-bond donors (Lipinski definition) is 5. The molecule has 0 spiro atoms. The van der Waals surface area contributed by atoms with Gasteiger partial charge in [0, 0.05) is 25.0 Å². The van der Waals surface area contributed by atoms with E-state index < -0.39 is 54.7 Å². The van der Waals surface area contributed by atoms with Gasteiger partial charge in [0.1, 0.15) is 17.6 Å². The van der Waals surface area contributed by atoms with Gasteiger partial charge in [0.25, 0.3) is 0 Å². The minimum atomic E-state index is -2.39. The smallest absolute Gasteiger partial charge is 0.335 e. The van der Waals surface area contributed by atoms with Crippen LogP contribution in [0.4, 0.5) is 0 Å². The number of phenolic OH excluding ortho intramolecular Hbond substituents is 2. The first-order chi connectivity index (χ1) is 16.6. The SMILES string of the molecule is O=C(/C=C/c1ccc(O)cc1)O[C@@H]1[C@H](O)C[C@@](O)(C(=O)O)C[C@H]1OC(=O)/C=C/c1ccc(O)cc1. The van der Waals surface area contributed by atoms with E-state index in [1.165, 1.54) is 48.6 Å². The predicted octanol–water partition coefficient (Wildman–Crippen LogP) is 1.62. The van der Waals surface area contributed by atoms with Gasteiger partial charge in [-0.3, -0.25) is 0 Å². The molecular weight excluding hydrogens is 460 g/mol. The molecule has 1 aliphatic carbocycles. The zero-order valence-corrected chi connectivity index (χ0v) is 18.4. The highest BCUT2D eigenvalue weighted by atomic mass is 16.6. The van der Waals surface area contributed by atoms with Gasteiger partial charge in [-0.05, 0) is 47.5 Å². The molecule has 3 rings (SSSR count). The average molecular weight is 484 g/mol. The molecule has 184 valence electrons. The Morgan fingerprint density at radius 1 is 0.800 bits per heavy atom. The molecular formula is C25H24O10. The monoisotopic (exact) mass is 484 g/mol. The van der Waals surface area contributed by atoms with Gasteiger partial charge in [-0.25, -0.2) is 14.4 Å². The zero-order chi connectivity index (χ0) is 25.6. The summed E-state index contributed by atoms with van der Waals surface area (Å²) in [7, 11) is 0. The summed E-state index contributed by atoms with van der Waals surface area (Å²) in [4.78, 5) is 36.2. The average Bonchev–Trinajstić information content (AvgIpc) is 2.80. The molecule has 0 radical (unpaired) electrons. The molecule has 2 aromatic rings. The molecule has 4 atom stereocenters. The lowest BCUT2D eigenvalue weighted by molar-refractivity contribution is -0.204. The van der Waals surface area contributed by atoms with Crippen molar-refractivity contribution in [1.29, 1.82) is 0 Å². The number of benzene rings is 2. The molecule has 0 heterocycles. The zero-order valence-electron chi connectivity index (χ0n) is 18.4. The second-order valence-corrected chi connectivity index (χ2v) is 8.04. The number of carbonyl (C=O) groups is 3. The number of carboxylic acid groups (broad SMARTS) is 1. The lowest BCUT2D eigenvalue weighted by Gasteiger charge is -2.40. The Kier molecular flexibility index (Phi) is 7.90. The minimum Gasteiger partial charge on any atom is -0.508 e. The number of rotatable bonds is 7. The predicted molar refractivity (Wildman–Crippen MR) is 122 cm³/mol. The Morgan fingerprint density at radius 3 is 1.71 bits per heavy atom. The van der Waals surface area contributed by atoms with Crippen LogP contribution in [0.25, 0.3) is 12.2 Å². The Balaban J connectivity index is 1.73. The van der Waals surface area contributed by atoms with Crippen molar-refractivity contribution >= 4 is 30.1 Å². The van der Waals surface area contributed by atoms with Crippen molar-refractivity contribution in [3.63, 3.8) is 0 Å². The van der Waals surface area contributed by atoms with Gasteiger partial charge in [0.05, 0.1) is 6.10 Å². The number of phenols is 2. The molecule has 0 aliphatic heterocycles.